The molecule has 2 heteroatoms. The van der Waals surface area contributed by atoms with E-state index in [4.69, 9.17) is 11.6 Å². The van der Waals surface area contributed by atoms with Crippen LogP contribution in [-0.4, -0.2) is 6.04 Å². The van der Waals surface area contributed by atoms with Crippen LogP contribution >= 0.6 is 11.6 Å². The first-order valence-corrected chi connectivity index (χ1v) is 4.68. The lowest BCUT2D eigenvalue weighted by molar-refractivity contribution is 0.681. The lowest BCUT2D eigenvalue weighted by Gasteiger charge is -2.23. The quantitative estimate of drug-likeness (QED) is 0.649. The number of benzene rings is 1. The minimum absolute atomic E-state index is 0.596. The van der Waals surface area contributed by atoms with E-state index < -0.39 is 0 Å². The molecule has 1 nitrogen and oxygen atoms in total. The molecule has 0 unspecified atom stereocenters. The van der Waals surface area contributed by atoms with E-state index in [-0.39, 0.29) is 0 Å². The zero-order chi connectivity index (χ0) is 8.55. The molecular weight excluding hydrogens is 170 g/mol. The fraction of sp³-hybridized carbons (Fsp3) is 0.400. The molecule has 1 atom stereocenters. The summed E-state index contributed by atoms with van der Waals surface area (Å²) in [6.45, 7) is 2.21. The van der Waals surface area contributed by atoms with Gasteiger partial charge in [-0.1, -0.05) is 11.6 Å². The number of anilines is 1. The normalized spacial score (nSPS) is 21.3. The molecule has 0 aliphatic carbocycles. The Morgan fingerprint density at radius 3 is 3.17 bits per heavy atom. The van der Waals surface area contributed by atoms with Crippen LogP contribution in [0.25, 0.3) is 0 Å². The number of rotatable bonds is 0. The summed E-state index contributed by atoms with van der Waals surface area (Å²) in [7, 11) is 0. The fourth-order valence-corrected chi connectivity index (χ4v) is 1.81. The Morgan fingerprint density at radius 1 is 1.50 bits per heavy atom. The Balaban J connectivity index is 2.37. The summed E-state index contributed by atoms with van der Waals surface area (Å²) in [6.07, 6.45) is 2.34. The summed E-state index contributed by atoms with van der Waals surface area (Å²) >= 11 is 5.89. The van der Waals surface area contributed by atoms with Crippen LogP contribution in [0.2, 0.25) is 5.02 Å². The summed E-state index contributed by atoms with van der Waals surface area (Å²) < 4.78 is 0. The standard InChI is InChI=1S/C10H12ClN/c1-7-2-3-8-6-9(11)4-5-10(8)12-7/h4-7,12H,2-3H2,1H3/t7-/m1/s1. The van der Waals surface area contributed by atoms with Crippen LogP contribution in [0.15, 0.2) is 18.2 Å². The molecule has 0 amide bonds. The van der Waals surface area contributed by atoms with E-state index in [9.17, 15) is 0 Å². The van der Waals surface area contributed by atoms with Crippen LogP contribution < -0.4 is 5.32 Å². The van der Waals surface area contributed by atoms with E-state index in [0.717, 1.165) is 11.4 Å². The van der Waals surface area contributed by atoms with Gasteiger partial charge in [0.2, 0.25) is 0 Å². The summed E-state index contributed by atoms with van der Waals surface area (Å²) in [4.78, 5) is 0. The molecule has 0 aromatic heterocycles. The van der Waals surface area contributed by atoms with Gasteiger partial charge in [0.25, 0.3) is 0 Å². The van der Waals surface area contributed by atoms with Gasteiger partial charge in [-0.2, -0.15) is 0 Å². The first-order valence-electron chi connectivity index (χ1n) is 4.30. The number of hydrogen-bond donors (Lipinski definition) is 1. The van der Waals surface area contributed by atoms with Gasteiger partial charge in [0.05, 0.1) is 0 Å². The Morgan fingerprint density at radius 2 is 2.33 bits per heavy atom. The Labute approximate surface area is 77.7 Å². The van der Waals surface area contributed by atoms with E-state index in [1.54, 1.807) is 0 Å². The molecule has 64 valence electrons. The van der Waals surface area contributed by atoms with Crippen molar-refractivity contribution in [2.45, 2.75) is 25.8 Å². The van der Waals surface area contributed by atoms with Gasteiger partial charge in [0.1, 0.15) is 0 Å². The van der Waals surface area contributed by atoms with Crippen molar-refractivity contribution in [3.8, 4) is 0 Å². The highest BCUT2D eigenvalue weighted by Gasteiger charge is 2.13. The van der Waals surface area contributed by atoms with Crippen molar-refractivity contribution >= 4 is 17.3 Å². The number of halogens is 1. The van der Waals surface area contributed by atoms with Gasteiger partial charge in [-0.05, 0) is 43.5 Å². The molecule has 0 saturated carbocycles. The molecule has 1 N–H and O–H groups in total. The SMILES string of the molecule is C[C@@H]1CCc2cc(Cl)ccc2N1. The monoisotopic (exact) mass is 181 g/mol. The van der Waals surface area contributed by atoms with Gasteiger partial charge in [-0.25, -0.2) is 0 Å². The minimum atomic E-state index is 0.596. The van der Waals surface area contributed by atoms with Gasteiger partial charge in [0.15, 0.2) is 0 Å². The molecule has 1 aromatic carbocycles. The molecule has 0 saturated heterocycles. The van der Waals surface area contributed by atoms with E-state index in [2.05, 4.69) is 24.4 Å². The predicted octanol–water partition coefficient (Wildman–Crippen LogP) is 3.09. The third kappa shape index (κ3) is 1.42. The molecule has 0 bridgehead atoms. The molecule has 12 heavy (non-hydrogen) atoms. The molecular formula is C10H12ClN. The average Bonchev–Trinajstić information content (AvgIpc) is 2.05. The Kier molecular flexibility index (Phi) is 1.97. The predicted molar refractivity (Wildman–Crippen MR) is 52.9 cm³/mol. The van der Waals surface area contributed by atoms with E-state index in [0.29, 0.717) is 6.04 Å². The first-order chi connectivity index (χ1) is 5.75. The number of aryl methyl sites for hydroxylation is 1. The molecule has 1 aromatic rings. The van der Waals surface area contributed by atoms with E-state index in [1.807, 2.05) is 6.07 Å². The molecule has 2 rings (SSSR count). The number of nitrogens with one attached hydrogen (secondary N) is 1. The van der Waals surface area contributed by atoms with Crippen molar-refractivity contribution in [3.63, 3.8) is 0 Å². The second-order valence-corrected chi connectivity index (χ2v) is 3.82. The van der Waals surface area contributed by atoms with Crippen LogP contribution in [0.4, 0.5) is 5.69 Å². The van der Waals surface area contributed by atoms with Gasteiger partial charge in [-0.15, -0.1) is 0 Å². The maximum atomic E-state index is 5.89. The fourth-order valence-electron chi connectivity index (χ4n) is 1.62. The zero-order valence-corrected chi connectivity index (χ0v) is 7.86. The van der Waals surface area contributed by atoms with Crippen molar-refractivity contribution in [2.75, 3.05) is 5.32 Å². The van der Waals surface area contributed by atoms with Crippen molar-refractivity contribution in [3.05, 3.63) is 28.8 Å². The van der Waals surface area contributed by atoms with Crippen molar-refractivity contribution in [1.82, 2.24) is 0 Å². The molecule has 1 aliphatic rings. The van der Waals surface area contributed by atoms with E-state index in [1.165, 1.54) is 17.7 Å². The summed E-state index contributed by atoms with van der Waals surface area (Å²) in [5, 5.41) is 4.27. The lowest BCUT2D eigenvalue weighted by atomic mass is 9.99. The molecule has 0 fully saturated rings. The Hall–Kier alpha value is -0.690. The second kappa shape index (κ2) is 2.98. The summed E-state index contributed by atoms with van der Waals surface area (Å²) in [5.41, 5.74) is 2.60. The third-order valence-electron chi connectivity index (χ3n) is 2.32. The molecule has 0 radical (unpaired) electrons. The van der Waals surface area contributed by atoms with Crippen LogP contribution in [0.3, 0.4) is 0 Å². The van der Waals surface area contributed by atoms with Crippen LogP contribution in [0.5, 0.6) is 0 Å². The molecule has 1 heterocycles. The van der Waals surface area contributed by atoms with E-state index >= 15 is 0 Å². The van der Waals surface area contributed by atoms with Gasteiger partial charge in [0, 0.05) is 16.8 Å². The topological polar surface area (TPSA) is 12.0 Å². The van der Waals surface area contributed by atoms with Crippen LogP contribution in [-0.2, 0) is 6.42 Å². The van der Waals surface area contributed by atoms with Gasteiger partial charge < -0.3 is 5.32 Å². The largest absolute Gasteiger partial charge is 0.382 e. The van der Waals surface area contributed by atoms with Crippen molar-refractivity contribution < 1.29 is 0 Å². The highest BCUT2D eigenvalue weighted by atomic mass is 35.5. The minimum Gasteiger partial charge on any atom is -0.382 e. The first kappa shape index (κ1) is 7.93. The highest BCUT2D eigenvalue weighted by Crippen LogP contribution is 2.27. The van der Waals surface area contributed by atoms with Crippen molar-refractivity contribution in [1.29, 1.82) is 0 Å². The highest BCUT2D eigenvalue weighted by molar-refractivity contribution is 6.30. The van der Waals surface area contributed by atoms with Crippen molar-refractivity contribution in [2.24, 2.45) is 0 Å². The average molecular weight is 182 g/mol. The van der Waals surface area contributed by atoms with Crippen LogP contribution in [0.1, 0.15) is 18.9 Å². The smallest absolute Gasteiger partial charge is 0.0410 e. The van der Waals surface area contributed by atoms with Crippen LogP contribution in [0, 0.1) is 0 Å². The zero-order valence-electron chi connectivity index (χ0n) is 7.10. The maximum Gasteiger partial charge on any atom is 0.0410 e. The number of hydrogen-bond acceptors (Lipinski definition) is 1. The third-order valence-corrected chi connectivity index (χ3v) is 2.55. The summed E-state index contributed by atoms with van der Waals surface area (Å²) in [5.74, 6) is 0. The number of fused-ring (bicyclic) bond motifs is 1. The molecule has 0 spiro atoms. The lowest BCUT2D eigenvalue weighted by Crippen LogP contribution is -2.21. The molecule has 1 aliphatic heterocycles. The summed E-state index contributed by atoms with van der Waals surface area (Å²) in [6, 6.07) is 6.65. The van der Waals surface area contributed by atoms with Gasteiger partial charge >= 0.3 is 0 Å². The second-order valence-electron chi connectivity index (χ2n) is 3.39. The Bertz CT molecular complexity index is 296. The van der Waals surface area contributed by atoms with Gasteiger partial charge in [-0.3, -0.25) is 0 Å². The maximum absolute atomic E-state index is 5.89.